The van der Waals surface area contributed by atoms with Crippen molar-refractivity contribution in [2.24, 2.45) is 5.73 Å². The number of hydrogen-bond acceptors (Lipinski definition) is 4. The third kappa shape index (κ3) is 6.23. The Bertz CT molecular complexity index is 493. The van der Waals surface area contributed by atoms with E-state index in [2.05, 4.69) is 21.2 Å². The van der Waals surface area contributed by atoms with E-state index >= 15 is 0 Å². The number of carbonyl (C=O) groups excluding carboxylic acids is 1. The Balaban J connectivity index is 2.77. The van der Waals surface area contributed by atoms with Crippen LogP contribution in [0.4, 0.5) is 0 Å². The van der Waals surface area contributed by atoms with E-state index in [0.29, 0.717) is 31.3 Å². The van der Waals surface area contributed by atoms with Crippen molar-refractivity contribution >= 4 is 21.8 Å². The smallest absolute Gasteiger partial charge is 0.224 e. The molecule has 0 bridgehead atoms. The van der Waals surface area contributed by atoms with Crippen LogP contribution in [0.25, 0.3) is 0 Å². The number of benzene rings is 1. The molecule has 0 aliphatic heterocycles. The normalized spacial score (nSPS) is 11.9. The Labute approximate surface area is 140 Å². The van der Waals surface area contributed by atoms with Gasteiger partial charge in [-0.3, -0.25) is 4.79 Å². The monoisotopic (exact) mass is 372 g/mol. The molecule has 0 aromatic heterocycles. The molecule has 124 valence electrons. The van der Waals surface area contributed by atoms with Gasteiger partial charge in [-0.1, -0.05) is 15.9 Å². The second kappa shape index (κ2) is 9.69. The molecule has 1 unspecified atom stereocenters. The topological polar surface area (TPSA) is 73.6 Å². The van der Waals surface area contributed by atoms with Gasteiger partial charge in [0.15, 0.2) is 11.5 Å². The highest BCUT2D eigenvalue weighted by molar-refractivity contribution is 9.10. The maximum absolute atomic E-state index is 12.0. The SMILES string of the molecule is CCOc1cc(Br)c(CC(=O)NCCC(C)N)cc1OCC. The Morgan fingerprint density at radius 3 is 2.41 bits per heavy atom. The molecule has 6 heteroatoms. The maximum atomic E-state index is 12.0. The van der Waals surface area contributed by atoms with Crippen LogP contribution in [0.2, 0.25) is 0 Å². The highest BCUT2D eigenvalue weighted by atomic mass is 79.9. The first kappa shape index (κ1) is 18.8. The van der Waals surface area contributed by atoms with E-state index in [-0.39, 0.29) is 18.4 Å². The molecule has 5 nitrogen and oxygen atoms in total. The van der Waals surface area contributed by atoms with Crippen molar-refractivity contribution in [2.45, 2.75) is 39.7 Å². The minimum atomic E-state index is -0.0343. The van der Waals surface area contributed by atoms with Crippen molar-refractivity contribution in [1.29, 1.82) is 0 Å². The predicted octanol–water partition coefficient (Wildman–Crippen LogP) is 2.64. The van der Waals surface area contributed by atoms with E-state index < -0.39 is 0 Å². The summed E-state index contributed by atoms with van der Waals surface area (Å²) >= 11 is 3.49. The van der Waals surface area contributed by atoms with Crippen molar-refractivity contribution in [1.82, 2.24) is 5.32 Å². The standard InChI is InChI=1S/C16H25BrN2O3/c1-4-21-14-8-12(13(17)10-15(14)22-5-2)9-16(20)19-7-6-11(3)18/h8,10-11H,4-7,9,18H2,1-3H3,(H,19,20). The van der Waals surface area contributed by atoms with Gasteiger partial charge in [0.2, 0.25) is 5.91 Å². The van der Waals surface area contributed by atoms with E-state index in [1.54, 1.807) is 0 Å². The largest absolute Gasteiger partial charge is 0.490 e. The second-order valence-corrected chi connectivity index (χ2v) is 5.90. The zero-order chi connectivity index (χ0) is 16.5. The van der Waals surface area contributed by atoms with Crippen LogP contribution in [0.3, 0.4) is 0 Å². The van der Waals surface area contributed by atoms with Crippen LogP contribution in [0.5, 0.6) is 11.5 Å². The van der Waals surface area contributed by atoms with Crippen LogP contribution in [0.15, 0.2) is 16.6 Å². The molecule has 1 atom stereocenters. The molecular formula is C16H25BrN2O3. The number of hydrogen-bond donors (Lipinski definition) is 2. The average Bonchev–Trinajstić information content (AvgIpc) is 2.43. The summed E-state index contributed by atoms with van der Waals surface area (Å²) in [5.41, 5.74) is 6.53. The lowest BCUT2D eigenvalue weighted by atomic mass is 10.1. The first-order valence-electron chi connectivity index (χ1n) is 7.58. The number of carbonyl (C=O) groups is 1. The van der Waals surface area contributed by atoms with Gasteiger partial charge in [0.1, 0.15) is 0 Å². The highest BCUT2D eigenvalue weighted by Crippen LogP contribution is 2.34. The number of halogens is 1. The molecule has 1 rings (SSSR count). The Kier molecular flexibility index (Phi) is 8.27. The number of nitrogens with one attached hydrogen (secondary N) is 1. The van der Waals surface area contributed by atoms with Crippen molar-refractivity contribution < 1.29 is 14.3 Å². The van der Waals surface area contributed by atoms with E-state index in [1.807, 2.05) is 32.9 Å². The molecule has 1 amide bonds. The number of amides is 1. The molecule has 0 spiro atoms. The molecule has 3 N–H and O–H groups in total. The van der Waals surface area contributed by atoms with Gasteiger partial charge in [0.05, 0.1) is 19.6 Å². The molecule has 0 heterocycles. The Hall–Kier alpha value is -1.27. The lowest BCUT2D eigenvalue weighted by Crippen LogP contribution is -2.30. The third-order valence-electron chi connectivity index (χ3n) is 2.99. The quantitative estimate of drug-likeness (QED) is 0.698. The van der Waals surface area contributed by atoms with Gasteiger partial charge in [-0.25, -0.2) is 0 Å². The maximum Gasteiger partial charge on any atom is 0.224 e. The van der Waals surface area contributed by atoms with E-state index in [4.69, 9.17) is 15.2 Å². The first-order chi connectivity index (χ1) is 10.5. The molecule has 0 fully saturated rings. The molecule has 0 saturated heterocycles. The minimum absolute atomic E-state index is 0.0343. The fourth-order valence-electron chi connectivity index (χ4n) is 1.92. The molecule has 0 saturated carbocycles. The summed E-state index contributed by atoms with van der Waals surface area (Å²) < 4.78 is 12.0. The van der Waals surface area contributed by atoms with Gasteiger partial charge in [0, 0.05) is 17.1 Å². The summed E-state index contributed by atoms with van der Waals surface area (Å²) in [4.78, 5) is 12.0. The van der Waals surface area contributed by atoms with Crippen LogP contribution in [0, 0.1) is 0 Å². The van der Waals surface area contributed by atoms with Gasteiger partial charge in [-0.2, -0.15) is 0 Å². The predicted molar refractivity (Wildman–Crippen MR) is 91.5 cm³/mol. The fourth-order valence-corrected chi connectivity index (χ4v) is 2.39. The fraction of sp³-hybridized carbons (Fsp3) is 0.562. The van der Waals surface area contributed by atoms with Gasteiger partial charge in [-0.05, 0) is 44.9 Å². The molecular weight excluding hydrogens is 348 g/mol. The van der Waals surface area contributed by atoms with Crippen molar-refractivity contribution in [3.63, 3.8) is 0 Å². The first-order valence-corrected chi connectivity index (χ1v) is 8.37. The molecule has 1 aromatic rings. The van der Waals surface area contributed by atoms with Crippen LogP contribution in [-0.2, 0) is 11.2 Å². The van der Waals surface area contributed by atoms with E-state index in [9.17, 15) is 4.79 Å². The highest BCUT2D eigenvalue weighted by Gasteiger charge is 2.13. The zero-order valence-electron chi connectivity index (χ0n) is 13.4. The summed E-state index contributed by atoms with van der Waals surface area (Å²) in [5, 5.41) is 2.87. The van der Waals surface area contributed by atoms with Crippen LogP contribution in [0.1, 0.15) is 32.8 Å². The summed E-state index contributed by atoms with van der Waals surface area (Å²) in [5.74, 6) is 1.30. The molecule has 0 radical (unpaired) electrons. The number of nitrogens with two attached hydrogens (primary N) is 1. The Morgan fingerprint density at radius 2 is 1.86 bits per heavy atom. The summed E-state index contributed by atoms with van der Waals surface area (Å²) in [7, 11) is 0. The third-order valence-corrected chi connectivity index (χ3v) is 3.72. The van der Waals surface area contributed by atoms with Crippen LogP contribution in [-0.4, -0.2) is 31.7 Å². The van der Waals surface area contributed by atoms with E-state index in [0.717, 1.165) is 16.5 Å². The van der Waals surface area contributed by atoms with Gasteiger partial charge in [-0.15, -0.1) is 0 Å². The van der Waals surface area contributed by atoms with Gasteiger partial charge < -0.3 is 20.5 Å². The second-order valence-electron chi connectivity index (χ2n) is 5.05. The van der Waals surface area contributed by atoms with Crippen LogP contribution >= 0.6 is 15.9 Å². The van der Waals surface area contributed by atoms with Gasteiger partial charge in [0.25, 0.3) is 0 Å². The van der Waals surface area contributed by atoms with Crippen molar-refractivity contribution in [3.8, 4) is 11.5 Å². The lowest BCUT2D eigenvalue weighted by Gasteiger charge is -2.14. The Morgan fingerprint density at radius 1 is 1.27 bits per heavy atom. The van der Waals surface area contributed by atoms with Crippen LogP contribution < -0.4 is 20.5 Å². The van der Waals surface area contributed by atoms with Crippen molar-refractivity contribution in [3.05, 3.63) is 22.2 Å². The van der Waals surface area contributed by atoms with E-state index in [1.165, 1.54) is 0 Å². The van der Waals surface area contributed by atoms with Gasteiger partial charge >= 0.3 is 0 Å². The molecule has 0 aliphatic carbocycles. The lowest BCUT2D eigenvalue weighted by molar-refractivity contribution is -0.120. The summed E-state index contributed by atoms with van der Waals surface area (Å²) in [6, 6.07) is 3.78. The molecule has 1 aromatic carbocycles. The zero-order valence-corrected chi connectivity index (χ0v) is 15.0. The molecule has 0 aliphatic rings. The number of rotatable bonds is 9. The van der Waals surface area contributed by atoms with Crippen molar-refractivity contribution in [2.75, 3.05) is 19.8 Å². The average molecular weight is 373 g/mol. The minimum Gasteiger partial charge on any atom is -0.490 e. The number of ether oxygens (including phenoxy) is 2. The summed E-state index contributed by atoms with van der Waals surface area (Å²) in [6.45, 7) is 7.44. The molecule has 22 heavy (non-hydrogen) atoms. The summed E-state index contributed by atoms with van der Waals surface area (Å²) in [6.07, 6.45) is 1.05.